The fraction of sp³-hybridized carbons (Fsp3) is 0.500. The number of halogens is 3. The van der Waals surface area contributed by atoms with Gasteiger partial charge in [0.25, 0.3) is 0 Å². The van der Waals surface area contributed by atoms with Crippen molar-refractivity contribution in [3.05, 3.63) is 29.3 Å². The molecule has 0 saturated carbocycles. The number of sulfonamides is 1. The maximum Gasteiger partial charge on any atom is 0.418 e. The Hall–Kier alpha value is -1.28. The van der Waals surface area contributed by atoms with Crippen molar-refractivity contribution in [3.8, 4) is 0 Å². The van der Waals surface area contributed by atoms with E-state index in [1.807, 2.05) is 4.72 Å². The van der Waals surface area contributed by atoms with E-state index < -0.39 is 27.5 Å². The first kappa shape index (κ1) is 16.8. The fourth-order valence-electron chi connectivity index (χ4n) is 1.69. The van der Waals surface area contributed by atoms with Gasteiger partial charge >= 0.3 is 6.18 Å². The zero-order chi connectivity index (χ0) is 15.6. The van der Waals surface area contributed by atoms with Gasteiger partial charge in [-0.05, 0) is 23.6 Å². The van der Waals surface area contributed by atoms with Crippen LogP contribution in [-0.2, 0) is 22.7 Å². The first-order valence-corrected chi connectivity index (χ1v) is 7.61. The second kappa shape index (κ2) is 6.01. The van der Waals surface area contributed by atoms with Crippen molar-refractivity contribution < 1.29 is 21.6 Å². The molecular formula is C12H17F3N2O2S. The molecule has 0 bridgehead atoms. The minimum atomic E-state index is -4.65. The first-order valence-electron chi connectivity index (χ1n) is 5.96. The molecule has 0 saturated heterocycles. The first-order chi connectivity index (χ1) is 9.05. The number of nitrogens with two attached hydrogens (primary N) is 1. The van der Waals surface area contributed by atoms with Crippen molar-refractivity contribution in [3.63, 3.8) is 0 Å². The number of anilines is 1. The molecule has 0 spiro atoms. The summed E-state index contributed by atoms with van der Waals surface area (Å²) in [5.74, 6) is -0.437. The molecule has 0 atom stereocenters. The van der Waals surface area contributed by atoms with E-state index in [1.165, 1.54) is 6.07 Å². The molecule has 0 amide bonds. The van der Waals surface area contributed by atoms with Crippen LogP contribution < -0.4 is 10.5 Å². The Bertz CT molecular complexity index is 569. The number of rotatable bonds is 5. The van der Waals surface area contributed by atoms with E-state index in [0.717, 1.165) is 12.1 Å². The molecule has 0 unspecified atom stereocenters. The molecule has 0 radical (unpaired) electrons. The van der Waals surface area contributed by atoms with Gasteiger partial charge in [-0.1, -0.05) is 19.9 Å². The van der Waals surface area contributed by atoms with Crippen LogP contribution in [0.15, 0.2) is 18.2 Å². The zero-order valence-electron chi connectivity index (χ0n) is 11.2. The van der Waals surface area contributed by atoms with Crippen molar-refractivity contribution in [2.45, 2.75) is 26.6 Å². The topological polar surface area (TPSA) is 72.2 Å². The van der Waals surface area contributed by atoms with E-state index >= 15 is 0 Å². The number of alkyl halides is 3. The van der Waals surface area contributed by atoms with Gasteiger partial charge in [0.2, 0.25) is 10.0 Å². The maximum atomic E-state index is 12.9. The van der Waals surface area contributed by atoms with E-state index in [9.17, 15) is 21.6 Å². The predicted octanol–water partition coefficient (Wildman–Crippen LogP) is 2.56. The summed E-state index contributed by atoms with van der Waals surface area (Å²) < 4.78 is 64.2. The molecule has 114 valence electrons. The van der Waals surface area contributed by atoms with Gasteiger partial charge in [-0.2, -0.15) is 13.2 Å². The number of hydrogen-bond donors (Lipinski definition) is 2. The summed E-state index contributed by atoms with van der Waals surface area (Å²) in [5.41, 5.74) is 4.07. The minimum Gasteiger partial charge on any atom is -0.326 e. The third-order valence-electron chi connectivity index (χ3n) is 2.44. The quantitative estimate of drug-likeness (QED) is 0.878. The highest BCUT2D eigenvalue weighted by molar-refractivity contribution is 7.92. The lowest BCUT2D eigenvalue weighted by atomic mass is 10.1. The molecule has 3 N–H and O–H groups in total. The lowest BCUT2D eigenvalue weighted by Gasteiger charge is -2.16. The number of nitrogens with one attached hydrogen (secondary N) is 1. The summed E-state index contributed by atoms with van der Waals surface area (Å²) in [6.45, 7) is 3.28. The van der Waals surface area contributed by atoms with Crippen LogP contribution in [0, 0.1) is 5.92 Å². The molecule has 0 aliphatic heterocycles. The molecule has 0 aliphatic carbocycles. The Balaban J connectivity index is 3.19. The molecule has 4 nitrogen and oxygen atoms in total. The maximum absolute atomic E-state index is 12.9. The molecule has 1 rings (SSSR count). The van der Waals surface area contributed by atoms with E-state index in [4.69, 9.17) is 5.73 Å². The summed E-state index contributed by atoms with van der Waals surface area (Å²) in [5, 5.41) is 0. The van der Waals surface area contributed by atoms with Gasteiger partial charge < -0.3 is 5.73 Å². The standard InChI is InChI=1S/C12H17F3N2O2S/c1-8(2)7-20(18,19)17-11-4-3-9(6-16)5-10(11)12(13,14)15/h3-5,8,17H,6-7,16H2,1-2H3. The third-order valence-corrected chi connectivity index (χ3v) is 4.08. The summed E-state index contributed by atoms with van der Waals surface area (Å²) in [6, 6.07) is 3.30. The molecular weight excluding hydrogens is 293 g/mol. The molecule has 1 aromatic carbocycles. The Kier molecular flexibility index (Phi) is 5.04. The lowest BCUT2D eigenvalue weighted by molar-refractivity contribution is -0.136. The van der Waals surface area contributed by atoms with Crippen molar-refractivity contribution >= 4 is 15.7 Å². The van der Waals surface area contributed by atoms with E-state index in [2.05, 4.69) is 0 Å². The van der Waals surface area contributed by atoms with Crippen molar-refractivity contribution in [1.82, 2.24) is 0 Å². The fourth-order valence-corrected chi connectivity index (χ4v) is 3.16. The van der Waals surface area contributed by atoms with Crippen LogP contribution in [0.25, 0.3) is 0 Å². The summed E-state index contributed by atoms with van der Waals surface area (Å²) in [4.78, 5) is 0. The predicted molar refractivity (Wildman–Crippen MR) is 71.6 cm³/mol. The number of hydrogen-bond acceptors (Lipinski definition) is 3. The van der Waals surface area contributed by atoms with Crippen LogP contribution in [0.2, 0.25) is 0 Å². The molecule has 0 aromatic heterocycles. The molecule has 20 heavy (non-hydrogen) atoms. The lowest BCUT2D eigenvalue weighted by Crippen LogP contribution is -2.22. The molecule has 0 aliphatic rings. The molecule has 8 heteroatoms. The van der Waals surface area contributed by atoms with Gasteiger partial charge in [0.15, 0.2) is 0 Å². The highest BCUT2D eigenvalue weighted by Crippen LogP contribution is 2.36. The molecule has 0 fully saturated rings. The monoisotopic (exact) mass is 310 g/mol. The van der Waals surface area contributed by atoms with Crippen LogP contribution >= 0.6 is 0 Å². The Morgan fingerprint density at radius 1 is 1.30 bits per heavy atom. The van der Waals surface area contributed by atoms with Gasteiger partial charge in [-0.3, -0.25) is 4.72 Å². The van der Waals surface area contributed by atoms with E-state index in [1.54, 1.807) is 13.8 Å². The Morgan fingerprint density at radius 3 is 2.35 bits per heavy atom. The van der Waals surface area contributed by atoms with Crippen LogP contribution in [0.3, 0.4) is 0 Å². The highest BCUT2D eigenvalue weighted by Gasteiger charge is 2.34. The zero-order valence-corrected chi connectivity index (χ0v) is 12.0. The highest BCUT2D eigenvalue weighted by atomic mass is 32.2. The van der Waals surface area contributed by atoms with Crippen LogP contribution in [-0.4, -0.2) is 14.2 Å². The van der Waals surface area contributed by atoms with Crippen molar-refractivity contribution in [2.75, 3.05) is 10.5 Å². The van der Waals surface area contributed by atoms with Crippen LogP contribution in [0.4, 0.5) is 18.9 Å². The van der Waals surface area contributed by atoms with Crippen LogP contribution in [0.5, 0.6) is 0 Å². The minimum absolute atomic E-state index is 0.0535. The van der Waals surface area contributed by atoms with E-state index in [-0.39, 0.29) is 23.8 Å². The normalized spacial score (nSPS) is 12.8. The molecule has 0 heterocycles. The van der Waals surface area contributed by atoms with Gasteiger partial charge in [0.05, 0.1) is 17.0 Å². The second-order valence-electron chi connectivity index (χ2n) is 4.86. The van der Waals surface area contributed by atoms with Crippen molar-refractivity contribution in [2.24, 2.45) is 11.7 Å². The second-order valence-corrected chi connectivity index (χ2v) is 6.63. The van der Waals surface area contributed by atoms with Crippen LogP contribution in [0.1, 0.15) is 25.0 Å². The van der Waals surface area contributed by atoms with Crippen molar-refractivity contribution in [1.29, 1.82) is 0 Å². The SMILES string of the molecule is CC(C)CS(=O)(=O)Nc1ccc(CN)cc1C(F)(F)F. The van der Waals surface area contributed by atoms with E-state index in [0.29, 0.717) is 0 Å². The Labute approximate surface area is 116 Å². The third kappa shape index (κ3) is 4.68. The number of benzene rings is 1. The average Bonchev–Trinajstić information content (AvgIpc) is 2.25. The van der Waals surface area contributed by atoms with Gasteiger partial charge in [0, 0.05) is 6.54 Å². The van der Waals surface area contributed by atoms with Gasteiger partial charge in [-0.25, -0.2) is 8.42 Å². The molecule has 1 aromatic rings. The van der Waals surface area contributed by atoms with Gasteiger partial charge in [-0.15, -0.1) is 0 Å². The Morgan fingerprint density at radius 2 is 1.90 bits per heavy atom. The smallest absolute Gasteiger partial charge is 0.326 e. The summed E-state index contributed by atoms with van der Waals surface area (Å²) >= 11 is 0. The average molecular weight is 310 g/mol. The summed E-state index contributed by atoms with van der Waals surface area (Å²) in [6.07, 6.45) is -4.65. The summed E-state index contributed by atoms with van der Waals surface area (Å²) in [7, 11) is -3.82. The van der Waals surface area contributed by atoms with Gasteiger partial charge in [0.1, 0.15) is 0 Å². The largest absolute Gasteiger partial charge is 0.418 e.